The molecule has 1 aliphatic rings. The van der Waals surface area contributed by atoms with Crippen LogP contribution in [0, 0.1) is 0 Å². The summed E-state index contributed by atoms with van der Waals surface area (Å²) >= 11 is 1.76. The zero-order chi connectivity index (χ0) is 17.9. The van der Waals surface area contributed by atoms with E-state index < -0.39 is 0 Å². The quantitative estimate of drug-likeness (QED) is 0.684. The molecule has 7 nitrogen and oxygen atoms in total. The molecule has 0 saturated carbocycles. The summed E-state index contributed by atoms with van der Waals surface area (Å²) in [6.45, 7) is 3.87. The van der Waals surface area contributed by atoms with E-state index in [1.54, 1.807) is 17.5 Å². The van der Waals surface area contributed by atoms with Crippen LogP contribution in [0.25, 0.3) is 0 Å². The number of pyridine rings is 1. The predicted molar refractivity (Wildman–Crippen MR) is 102 cm³/mol. The van der Waals surface area contributed by atoms with Crippen LogP contribution in [0.1, 0.15) is 22.1 Å². The number of hydrogen-bond acceptors (Lipinski definition) is 7. The maximum atomic E-state index is 4.48. The number of rotatable bonds is 5. The fourth-order valence-corrected chi connectivity index (χ4v) is 4.07. The number of thiazole rings is 1. The Morgan fingerprint density at radius 2 is 2.08 bits per heavy atom. The summed E-state index contributed by atoms with van der Waals surface area (Å²) in [6.07, 6.45) is 7.41. The fraction of sp³-hybridized carbons (Fsp3) is 0.444. The lowest BCUT2D eigenvalue weighted by atomic mass is 10.2. The molecule has 26 heavy (non-hydrogen) atoms. The van der Waals surface area contributed by atoms with Gasteiger partial charge in [0, 0.05) is 76.6 Å². The van der Waals surface area contributed by atoms with Gasteiger partial charge in [-0.15, -0.1) is 21.5 Å². The van der Waals surface area contributed by atoms with Gasteiger partial charge in [0.05, 0.1) is 0 Å². The van der Waals surface area contributed by atoms with Crippen molar-refractivity contribution in [3.63, 3.8) is 0 Å². The second kappa shape index (κ2) is 7.51. The third-order valence-electron chi connectivity index (χ3n) is 4.58. The summed E-state index contributed by atoms with van der Waals surface area (Å²) in [5, 5.41) is 9.91. The van der Waals surface area contributed by atoms with Gasteiger partial charge in [0.1, 0.15) is 11.6 Å². The molecule has 0 aliphatic carbocycles. The Morgan fingerprint density at radius 3 is 2.85 bits per heavy atom. The first-order chi connectivity index (χ1) is 12.7. The molecule has 3 aromatic heterocycles. The molecule has 0 fully saturated rings. The SMILES string of the molecule is CN(C)c1ncc(CN2CCc3nnc(Cc4cccnc4)n3CC2)s1. The summed E-state index contributed by atoms with van der Waals surface area (Å²) in [6, 6.07) is 4.05. The van der Waals surface area contributed by atoms with E-state index in [0.29, 0.717) is 0 Å². The Hall–Kier alpha value is -2.32. The molecule has 0 atom stereocenters. The Bertz CT molecular complexity index is 856. The van der Waals surface area contributed by atoms with Crippen LogP contribution < -0.4 is 4.90 Å². The highest BCUT2D eigenvalue weighted by Gasteiger charge is 2.19. The van der Waals surface area contributed by atoms with E-state index in [0.717, 1.165) is 55.8 Å². The molecular formula is C18H23N7S. The average molecular weight is 369 g/mol. The number of nitrogens with zero attached hydrogens (tertiary/aromatic N) is 7. The number of aromatic nitrogens is 5. The normalized spacial score (nSPS) is 14.8. The highest BCUT2D eigenvalue weighted by molar-refractivity contribution is 7.15. The standard InChI is InChI=1S/C18H23N7S/c1-23(2)18-20-12-15(26-18)13-24-7-5-16-21-22-17(25(16)9-8-24)10-14-4-3-6-19-11-14/h3-4,6,11-12H,5,7-10,13H2,1-2H3. The van der Waals surface area contributed by atoms with Crippen molar-refractivity contribution < 1.29 is 0 Å². The van der Waals surface area contributed by atoms with E-state index >= 15 is 0 Å². The first kappa shape index (κ1) is 17.1. The van der Waals surface area contributed by atoms with Crippen LogP contribution in [0.4, 0.5) is 5.13 Å². The van der Waals surface area contributed by atoms with Crippen LogP contribution in [0.2, 0.25) is 0 Å². The first-order valence-corrected chi connectivity index (χ1v) is 9.65. The molecule has 4 rings (SSSR count). The fourth-order valence-electron chi connectivity index (χ4n) is 3.20. The Morgan fingerprint density at radius 1 is 1.15 bits per heavy atom. The van der Waals surface area contributed by atoms with Crippen molar-refractivity contribution in [3.05, 3.63) is 52.8 Å². The van der Waals surface area contributed by atoms with Gasteiger partial charge in [-0.3, -0.25) is 9.88 Å². The average Bonchev–Trinajstić information content (AvgIpc) is 3.20. The third-order valence-corrected chi connectivity index (χ3v) is 5.73. The zero-order valence-corrected chi connectivity index (χ0v) is 16.0. The van der Waals surface area contributed by atoms with Crippen LogP contribution in [0.3, 0.4) is 0 Å². The molecule has 0 amide bonds. The van der Waals surface area contributed by atoms with Crippen molar-refractivity contribution in [1.29, 1.82) is 0 Å². The van der Waals surface area contributed by atoms with Crippen molar-refractivity contribution in [2.24, 2.45) is 0 Å². The minimum atomic E-state index is 0.780. The van der Waals surface area contributed by atoms with Gasteiger partial charge in [0.2, 0.25) is 0 Å². The molecule has 0 radical (unpaired) electrons. The highest BCUT2D eigenvalue weighted by Crippen LogP contribution is 2.22. The lowest BCUT2D eigenvalue weighted by Gasteiger charge is -2.18. The van der Waals surface area contributed by atoms with Crippen molar-refractivity contribution in [1.82, 2.24) is 29.6 Å². The van der Waals surface area contributed by atoms with Crippen LogP contribution in [-0.4, -0.2) is 56.8 Å². The summed E-state index contributed by atoms with van der Waals surface area (Å²) in [7, 11) is 4.06. The molecule has 136 valence electrons. The van der Waals surface area contributed by atoms with E-state index in [-0.39, 0.29) is 0 Å². The first-order valence-electron chi connectivity index (χ1n) is 8.83. The van der Waals surface area contributed by atoms with E-state index in [1.165, 1.54) is 10.4 Å². The van der Waals surface area contributed by atoms with E-state index in [2.05, 4.69) is 40.6 Å². The summed E-state index contributed by atoms with van der Waals surface area (Å²) in [4.78, 5) is 14.5. The van der Waals surface area contributed by atoms with Crippen LogP contribution in [0.15, 0.2) is 30.7 Å². The van der Waals surface area contributed by atoms with Crippen molar-refractivity contribution in [2.75, 3.05) is 32.1 Å². The molecular weight excluding hydrogens is 346 g/mol. The van der Waals surface area contributed by atoms with Gasteiger partial charge in [0.25, 0.3) is 0 Å². The minimum Gasteiger partial charge on any atom is -0.354 e. The maximum Gasteiger partial charge on any atom is 0.185 e. The van der Waals surface area contributed by atoms with Gasteiger partial charge in [-0.1, -0.05) is 6.07 Å². The number of fused-ring (bicyclic) bond motifs is 1. The molecule has 4 heterocycles. The van der Waals surface area contributed by atoms with Gasteiger partial charge < -0.3 is 9.47 Å². The molecule has 0 N–H and O–H groups in total. The summed E-state index contributed by atoms with van der Waals surface area (Å²) in [5.41, 5.74) is 1.17. The smallest absolute Gasteiger partial charge is 0.185 e. The molecule has 0 saturated heterocycles. The minimum absolute atomic E-state index is 0.780. The monoisotopic (exact) mass is 369 g/mol. The molecule has 0 spiro atoms. The second-order valence-corrected chi connectivity index (χ2v) is 7.85. The topological polar surface area (TPSA) is 63.0 Å². The van der Waals surface area contributed by atoms with E-state index in [4.69, 9.17) is 0 Å². The number of hydrogen-bond donors (Lipinski definition) is 0. The molecule has 3 aromatic rings. The Labute approximate surface area is 157 Å². The summed E-state index contributed by atoms with van der Waals surface area (Å²) in [5.74, 6) is 2.12. The van der Waals surface area contributed by atoms with Crippen molar-refractivity contribution in [3.8, 4) is 0 Å². The Kier molecular flexibility index (Phi) is 4.94. The molecule has 0 bridgehead atoms. The molecule has 1 aliphatic heterocycles. The molecule has 8 heteroatoms. The molecule has 0 aromatic carbocycles. The van der Waals surface area contributed by atoms with Gasteiger partial charge >= 0.3 is 0 Å². The second-order valence-electron chi connectivity index (χ2n) is 6.75. The highest BCUT2D eigenvalue weighted by atomic mass is 32.1. The zero-order valence-electron chi connectivity index (χ0n) is 15.2. The van der Waals surface area contributed by atoms with Crippen LogP contribution in [-0.2, 0) is 25.9 Å². The van der Waals surface area contributed by atoms with Gasteiger partial charge in [-0.25, -0.2) is 4.98 Å². The van der Waals surface area contributed by atoms with E-state index in [1.807, 2.05) is 32.6 Å². The van der Waals surface area contributed by atoms with Gasteiger partial charge in [-0.05, 0) is 11.6 Å². The van der Waals surface area contributed by atoms with Gasteiger partial charge in [0.15, 0.2) is 5.13 Å². The molecule has 0 unspecified atom stereocenters. The largest absolute Gasteiger partial charge is 0.354 e. The van der Waals surface area contributed by atoms with Crippen molar-refractivity contribution in [2.45, 2.75) is 25.9 Å². The Balaban J connectivity index is 1.42. The maximum absolute atomic E-state index is 4.48. The van der Waals surface area contributed by atoms with Crippen LogP contribution >= 0.6 is 11.3 Å². The summed E-state index contributed by atoms with van der Waals surface area (Å²) < 4.78 is 2.28. The number of anilines is 1. The van der Waals surface area contributed by atoms with Gasteiger partial charge in [-0.2, -0.15) is 0 Å². The van der Waals surface area contributed by atoms with Crippen LogP contribution in [0.5, 0.6) is 0 Å². The lowest BCUT2D eigenvalue weighted by molar-refractivity contribution is 0.272. The third kappa shape index (κ3) is 3.76. The van der Waals surface area contributed by atoms with E-state index in [9.17, 15) is 0 Å². The van der Waals surface area contributed by atoms with Crippen molar-refractivity contribution >= 4 is 16.5 Å². The lowest BCUT2D eigenvalue weighted by Crippen LogP contribution is -2.26. The predicted octanol–water partition coefficient (Wildman–Crippen LogP) is 1.84.